The van der Waals surface area contributed by atoms with E-state index in [1.54, 1.807) is 12.1 Å². The summed E-state index contributed by atoms with van der Waals surface area (Å²) in [5, 5.41) is 16.4. The van der Waals surface area contributed by atoms with Gasteiger partial charge < -0.3 is 24.5 Å². The molecule has 0 aliphatic rings. The number of alkyl halides is 2. The normalized spacial score (nSPS) is 10.5. The molecule has 0 saturated heterocycles. The predicted molar refractivity (Wildman–Crippen MR) is 107 cm³/mol. The molecule has 0 spiro atoms. The lowest BCUT2D eigenvalue weighted by atomic mass is 10.1. The lowest BCUT2D eigenvalue weighted by molar-refractivity contribution is -0.385. The number of halogens is 2. The van der Waals surface area contributed by atoms with E-state index in [2.05, 4.69) is 15.4 Å². The first-order valence-corrected chi connectivity index (χ1v) is 8.86. The van der Waals surface area contributed by atoms with Crippen LogP contribution in [0.2, 0.25) is 0 Å². The van der Waals surface area contributed by atoms with E-state index >= 15 is 0 Å². The molecule has 32 heavy (non-hydrogen) atoms. The zero-order valence-electron chi connectivity index (χ0n) is 16.3. The molecule has 2 aromatic carbocycles. The molecule has 0 atom stereocenters. The average molecular weight is 447 g/mol. The summed E-state index contributed by atoms with van der Waals surface area (Å²) < 4.78 is 39.3. The van der Waals surface area contributed by atoms with Gasteiger partial charge in [-0.15, -0.1) is 0 Å². The molecule has 0 unspecified atom stereocenters. The highest BCUT2D eigenvalue weighted by Gasteiger charge is 2.26. The van der Waals surface area contributed by atoms with Crippen molar-refractivity contribution in [3.05, 3.63) is 76.2 Å². The number of nitrogens with one attached hydrogen (secondary N) is 2. The van der Waals surface area contributed by atoms with Gasteiger partial charge in [-0.3, -0.25) is 19.7 Å². The third-order valence-electron chi connectivity index (χ3n) is 4.06. The van der Waals surface area contributed by atoms with Gasteiger partial charge in [0.15, 0.2) is 17.3 Å². The van der Waals surface area contributed by atoms with E-state index < -0.39 is 40.3 Å². The molecular weight excluding hydrogens is 432 g/mol. The highest BCUT2D eigenvalue weighted by Crippen LogP contribution is 2.36. The van der Waals surface area contributed by atoms with Gasteiger partial charge >= 0.3 is 6.61 Å². The fourth-order valence-corrected chi connectivity index (χ4v) is 2.70. The first-order chi connectivity index (χ1) is 15.3. The zero-order chi connectivity index (χ0) is 23.3. The molecule has 1 aromatic heterocycles. The lowest BCUT2D eigenvalue weighted by Gasteiger charge is -2.13. The smallest absolute Gasteiger partial charge is 0.387 e. The van der Waals surface area contributed by atoms with Crippen molar-refractivity contribution in [1.82, 2.24) is 0 Å². The monoisotopic (exact) mass is 447 g/mol. The maximum atomic E-state index is 12.7. The number of methoxy groups -OCH3 is 1. The minimum atomic E-state index is -3.25. The molecule has 3 rings (SSSR count). The summed E-state index contributed by atoms with van der Waals surface area (Å²) in [6, 6.07) is 10.6. The van der Waals surface area contributed by atoms with Crippen molar-refractivity contribution in [3.8, 4) is 11.5 Å². The molecule has 0 aliphatic heterocycles. The summed E-state index contributed by atoms with van der Waals surface area (Å²) in [6.45, 7) is -3.25. The Morgan fingerprint density at radius 1 is 1.03 bits per heavy atom. The van der Waals surface area contributed by atoms with Crippen LogP contribution < -0.4 is 20.1 Å². The highest BCUT2D eigenvalue weighted by atomic mass is 19.3. The van der Waals surface area contributed by atoms with Crippen molar-refractivity contribution >= 4 is 28.9 Å². The SMILES string of the molecule is COc1cc(C(=O)Nc2cccc(NC(=O)c3ccco3)c2)c([N+](=O)[O-])cc1OC(F)F. The summed E-state index contributed by atoms with van der Waals surface area (Å²) in [7, 11) is 1.13. The number of carbonyl (C=O) groups excluding carboxylic acids is 2. The predicted octanol–water partition coefficient (Wildman–Crippen LogP) is 4.30. The van der Waals surface area contributed by atoms with Crippen LogP contribution in [0.4, 0.5) is 25.8 Å². The minimum Gasteiger partial charge on any atom is -0.493 e. The van der Waals surface area contributed by atoms with Gasteiger partial charge in [0.2, 0.25) is 0 Å². The van der Waals surface area contributed by atoms with Crippen molar-refractivity contribution in [3.63, 3.8) is 0 Å². The Bertz CT molecular complexity index is 1150. The summed E-state index contributed by atoms with van der Waals surface area (Å²) in [4.78, 5) is 35.3. The number of amides is 2. The lowest BCUT2D eigenvalue weighted by Crippen LogP contribution is -2.15. The average Bonchev–Trinajstić information content (AvgIpc) is 3.28. The van der Waals surface area contributed by atoms with E-state index in [4.69, 9.17) is 9.15 Å². The second-order valence-electron chi connectivity index (χ2n) is 6.12. The van der Waals surface area contributed by atoms with E-state index in [-0.39, 0.29) is 17.2 Å². The van der Waals surface area contributed by atoms with Crippen LogP contribution in [0.25, 0.3) is 0 Å². The number of nitro benzene ring substituents is 1. The Labute approximate surface area is 178 Å². The second kappa shape index (κ2) is 9.55. The number of nitro groups is 1. The summed E-state index contributed by atoms with van der Waals surface area (Å²) >= 11 is 0. The third kappa shape index (κ3) is 5.16. The van der Waals surface area contributed by atoms with Gasteiger partial charge in [-0.05, 0) is 30.3 Å². The molecule has 2 amide bonds. The summed E-state index contributed by atoms with van der Waals surface area (Å²) in [5.41, 5.74) is -0.690. The van der Waals surface area contributed by atoms with Crippen molar-refractivity contribution in [2.45, 2.75) is 6.61 Å². The number of hydrogen-bond donors (Lipinski definition) is 2. The molecule has 0 fully saturated rings. The number of furan rings is 1. The number of rotatable bonds is 8. The Morgan fingerprint density at radius 2 is 1.72 bits per heavy atom. The topological polar surface area (TPSA) is 133 Å². The molecule has 166 valence electrons. The van der Waals surface area contributed by atoms with Gasteiger partial charge in [0.25, 0.3) is 17.5 Å². The van der Waals surface area contributed by atoms with Crippen LogP contribution in [-0.2, 0) is 0 Å². The number of nitrogens with zero attached hydrogens (tertiary/aromatic N) is 1. The van der Waals surface area contributed by atoms with Crippen LogP contribution in [0, 0.1) is 10.1 Å². The summed E-state index contributed by atoms with van der Waals surface area (Å²) in [6.07, 6.45) is 1.34. The Balaban J connectivity index is 1.85. The molecule has 3 aromatic rings. The molecule has 0 bridgehead atoms. The molecule has 12 heteroatoms. The van der Waals surface area contributed by atoms with Crippen LogP contribution in [-0.4, -0.2) is 30.5 Å². The number of hydrogen-bond acceptors (Lipinski definition) is 7. The number of ether oxygens (including phenoxy) is 2. The van der Waals surface area contributed by atoms with Gasteiger partial charge in [-0.1, -0.05) is 6.07 Å². The molecule has 1 heterocycles. The van der Waals surface area contributed by atoms with Crippen molar-refractivity contribution < 1.29 is 37.2 Å². The Morgan fingerprint density at radius 3 is 2.28 bits per heavy atom. The van der Waals surface area contributed by atoms with Crippen molar-refractivity contribution in [2.75, 3.05) is 17.7 Å². The molecule has 0 aliphatic carbocycles. The van der Waals surface area contributed by atoms with Crippen LogP contribution in [0.15, 0.2) is 59.2 Å². The van der Waals surface area contributed by atoms with Crippen LogP contribution in [0.5, 0.6) is 11.5 Å². The molecule has 2 N–H and O–H groups in total. The molecule has 10 nitrogen and oxygen atoms in total. The van der Waals surface area contributed by atoms with E-state index in [9.17, 15) is 28.5 Å². The van der Waals surface area contributed by atoms with Gasteiger partial charge in [0.05, 0.1) is 24.4 Å². The quantitative estimate of drug-likeness (QED) is 0.388. The number of anilines is 2. The summed E-state index contributed by atoms with van der Waals surface area (Å²) in [5.74, 6) is -2.23. The second-order valence-corrected chi connectivity index (χ2v) is 6.12. The van der Waals surface area contributed by atoms with Gasteiger partial charge in [0.1, 0.15) is 5.56 Å². The minimum absolute atomic E-state index is 0.0771. The molecular formula is C20H15F2N3O7. The molecule has 0 radical (unpaired) electrons. The fourth-order valence-electron chi connectivity index (χ4n) is 2.70. The maximum Gasteiger partial charge on any atom is 0.387 e. The Hall–Kier alpha value is -4.48. The van der Waals surface area contributed by atoms with E-state index in [0.717, 1.165) is 13.2 Å². The van der Waals surface area contributed by atoms with Crippen molar-refractivity contribution in [1.29, 1.82) is 0 Å². The van der Waals surface area contributed by atoms with E-state index in [0.29, 0.717) is 11.8 Å². The first-order valence-electron chi connectivity index (χ1n) is 8.86. The standard InChI is InChI=1S/C20H15F2N3O7/c1-30-16-9-13(14(25(28)29)10-17(16)32-20(21)22)18(26)23-11-4-2-5-12(8-11)24-19(27)15-6-3-7-31-15/h2-10,20H,1H3,(H,23,26)(H,24,27). The Kier molecular flexibility index (Phi) is 6.63. The van der Waals surface area contributed by atoms with Gasteiger partial charge in [0, 0.05) is 17.4 Å². The zero-order valence-corrected chi connectivity index (χ0v) is 16.3. The number of carbonyl (C=O) groups is 2. The van der Waals surface area contributed by atoms with Crippen LogP contribution in [0.1, 0.15) is 20.9 Å². The van der Waals surface area contributed by atoms with Crippen LogP contribution >= 0.6 is 0 Å². The molecule has 0 saturated carbocycles. The number of benzene rings is 2. The fraction of sp³-hybridized carbons (Fsp3) is 0.100. The first kappa shape index (κ1) is 22.2. The van der Waals surface area contributed by atoms with Gasteiger partial charge in [-0.25, -0.2) is 0 Å². The highest BCUT2D eigenvalue weighted by molar-refractivity contribution is 6.08. The van der Waals surface area contributed by atoms with E-state index in [1.165, 1.54) is 30.5 Å². The van der Waals surface area contributed by atoms with Gasteiger partial charge in [-0.2, -0.15) is 8.78 Å². The van der Waals surface area contributed by atoms with Crippen molar-refractivity contribution in [2.24, 2.45) is 0 Å². The third-order valence-corrected chi connectivity index (χ3v) is 4.06. The largest absolute Gasteiger partial charge is 0.493 e. The van der Waals surface area contributed by atoms with E-state index in [1.807, 2.05) is 0 Å². The van der Waals surface area contributed by atoms with Crippen LogP contribution in [0.3, 0.4) is 0 Å². The maximum absolute atomic E-state index is 12.7.